The van der Waals surface area contributed by atoms with Crippen LogP contribution in [0.25, 0.3) is 0 Å². The van der Waals surface area contributed by atoms with Crippen molar-refractivity contribution in [2.24, 2.45) is 17.8 Å². The Morgan fingerprint density at radius 2 is 2.11 bits per heavy atom. The van der Waals surface area contributed by atoms with Crippen LogP contribution >= 0.6 is 11.3 Å². The molecule has 3 nitrogen and oxygen atoms in total. The number of rotatable bonds is 5. The molecule has 3 rings (SSSR count). The molecule has 1 saturated carbocycles. The summed E-state index contributed by atoms with van der Waals surface area (Å²) in [5, 5.41) is 6.94. The third kappa shape index (κ3) is 3.11. The largest absolute Gasteiger partial charge is 0.348 e. The normalized spacial score (nSPS) is 26.4. The van der Waals surface area contributed by atoms with Crippen molar-refractivity contribution in [1.29, 1.82) is 0 Å². The minimum Gasteiger partial charge on any atom is -0.348 e. The molecule has 1 aromatic heterocycles. The van der Waals surface area contributed by atoms with E-state index in [9.17, 15) is 0 Å². The molecule has 2 fully saturated rings. The predicted octanol–water partition coefficient (Wildman–Crippen LogP) is 3.13. The van der Waals surface area contributed by atoms with Crippen molar-refractivity contribution in [2.75, 3.05) is 24.5 Å². The first-order chi connectivity index (χ1) is 9.22. The van der Waals surface area contributed by atoms with Crippen molar-refractivity contribution in [3.05, 3.63) is 11.1 Å². The average Bonchev–Trinajstić information content (AvgIpc) is 3.01. The summed E-state index contributed by atoms with van der Waals surface area (Å²) in [7, 11) is 0. The lowest BCUT2D eigenvalue weighted by molar-refractivity contribution is 0.494. The summed E-state index contributed by atoms with van der Waals surface area (Å²) in [6, 6.07) is 0. The van der Waals surface area contributed by atoms with Gasteiger partial charge in [0.15, 0.2) is 5.13 Å². The number of nitrogens with one attached hydrogen (secondary N) is 1. The van der Waals surface area contributed by atoms with Gasteiger partial charge in [0.05, 0.1) is 5.69 Å². The van der Waals surface area contributed by atoms with Gasteiger partial charge in [0.25, 0.3) is 0 Å². The Balaban J connectivity index is 1.53. The molecule has 2 aliphatic rings. The molecular formula is C15H25N3S. The van der Waals surface area contributed by atoms with Crippen LogP contribution in [0.5, 0.6) is 0 Å². The first-order valence-corrected chi connectivity index (χ1v) is 8.50. The lowest BCUT2D eigenvalue weighted by Crippen LogP contribution is -2.21. The maximum atomic E-state index is 4.80. The van der Waals surface area contributed by atoms with E-state index in [1.54, 1.807) is 0 Å². The number of hydrogen-bond donors (Lipinski definition) is 1. The Labute approximate surface area is 120 Å². The lowest BCUT2D eigenvalue weighted by atomic mass is 10.0. The van der Waals surface area contributed by atoms with Crippen LogP contribution in [0.3, 0.4) is 0 Å². The van der Waals surface area contributed by atoms with E-state index in [1.807, 2.05) is 11.3 Å². The number of anilines is 1. The van der Waals surface area contributed by atoms with Crippen molar-refractivity contribution < 1.29 is 0 Å². The topological polar surface area (TPSA) is 28.2 Å². The summed E-state index contributed by atoms with van der Waals surface area (Å²) < 4.78 is 0. The molecule has 2 heterocycles. The summed E-state index contributed by atoms with van der Waals surface area (Å²) in [5.74, 6) is 2.61. The lowest BCUT2D eigenvalue weighted by Gasteiger charge is -2.15. The molecule has 2 unspecified atom stereocenters. The Morgan fingerprint density at radius 3 is 2.79 bits per heavy atom. The predicted molar refractivity (Wildman–Crippen MR) is 81.7 cm³/mol. The minimum atomic E-state index is 0.705. The summed E-state index contributed by atoms with van der Waals surface area (Å²) in [6.45, 7) is 8.95. The molecule has 0 aromatic carbocycles. The van der Waals surface area contributed by atoms with Gasteiger partial charge in [0, 0.05) is 25.0 Å². The molecular weight excluding hydrogens is 254 g/mol. The minimum absolute atomic E-state index is 0.705. The molecule has 19 heavy (non-hydrogen) atoms. The van der Waals surface area contributed by atoms with Crippen molar-refractivity contribution in [2.45, 2.75) is 39.7 Å². The highest BCUT2D eigenvalue weighted by Gasteiger charge is 2.36. The second-order valence-corrected chi connectivity index (χ2v) is 7.34. The van der Waals surface area contributed by atoms with Gasteiger partial charge in [-0.3, -0.25) is 0 Å². The highest BCUT2D eigenvalue weighted by Crippen LogP contribution is 2.40. The van der Waals surface area contributed by atoms with E-state index >= 15 is 0 Å². The number of hydrogen-bond acceptors (Lipinski definition) is 4. The second kappa shape index (κ2) is 5.80. The Morgan fingerprint density at radius 1 is 1.37 bits per heavy atom. The monoisotopic (exact) mass is 279 g/mol. The average molecular weight is 279 g/mol. The Hall–Kier alpha value is -0.610. The summed E-state index contributed by atoms with van der Waals surface area (Å²) in [4.78, 5) is 7.32. The van der Waals surface area contributed by atoms with E-state index in [0.717, 1.165) is 24.9 Å². The van der Waals surface area contributed by atoms with E-state index in [4.69, 9.17) is 4.98 Å². The highest BCUT2D eigenvalue weighted by atomic mass is 32.1. The molecule has 0 amide bonds. The SMILES string of the molecule is CC(C)CNCc1csc(N2CC3CCCC3C2)n1. The molecule has 1 N–H and O–H groups in total. The van der Waals surface area contributed by atoms with Gasteiger partial charge >= 0.3 is 0 Å². The van der Waals surface area contributed by atoms with Gasteiger partial charge in [0.1, 0.15) is 0 Å². The van der Waals surface area contributed by atoms with Crippen LogP contribution < -0.4 is 10.2 Å². The summed E-state index contributed by atoms with van der Waals surface area (Å²) in [6.07, 6.45) is 4.33. The Bertz CT molecular complexity index is 403. The number of thiazole rings is 1. The zero-order chi connectivity index (χ0) is 13.2. The summed E-state index contributed by atoms with van der Waals surface area (Å²) >= 11 is 1.82. The van der Waals surface area contributed by atoms with E-state index in [-0.39, 0.29) is 0 Å². The van der Waals surface area contributed by atoms with Gasteiger partial charge in [-0.15, -0.1) is 11.3 Å². The fraction of sp³-hybridized carbons (Fsp3) is 0.800. The van der Waals surface area contributed by atoms with Crippen LogP contribution in [0, 0.1) is 17.8 Å². The van der Waals surface area contributed by atoms with Crippen molar-refractivity contribution >= 4 is 16.5 Å². The quantitative estimate of drug-likeness (QED) is 0.897. The molecule has 0 spiro atoms. The van der Waals surface area contributed by atoms with Gasteiger partial charge in [-0.1, -0.05) is 20.3 Å². The van der Waals surface area contributed by atoms with Crippen LogP contribution in [0.4, 0.5) is 5.13 Å². The molecule has 0 bridgehead atoms. The molecule has 4 heteroatoms. The zero-order valence-corrected chi connectivity index (χ0v) is 12.9. The third-order valence-corrected chi connectivity index (χ3v) is 5.35. The first-order valence-electron chi connectivity index (χ1n) is 7.62. The van der Waals surface area contributed by atoms with E-state index in [2.05, 4.69) is 29.4 Å². The standard InChI is InChI=1S/C15H25N3S/c1-11(2)6-16-7-14-10-19-15(17-14)18-8-12-4-3-5-13(12)9-18/h10-13,16H,3-9H2,1-2H3. The van der Waals surface area contributed by atoms with E-state index in [0.29, 0.717) is 5.92 Å². The van der Waals surface area contributed by atoms with Crippen LogP contribution in [-0.4, -0.2) is 24.6 Å². The fourth-order valence-electron chi connectivity index (χ4n) is 3.40. The zero-order valence-electron chi connectivity index (χ0n) is 12.1. The van der Waals surface area contributed by atoms with E-state index < -0.39 is 0 Å². The second-order valence-electron chi connectivity index (χ2n) is 6.50. The van der Waals surface area contributed by atoms with Crippen molar-refractivity contribution in [3.63, 3.8) is 0 Å². The first kappa shape index (κ1) is 13.4. The number of nitrogens with zero attached hydrogens (tertiary/aromatic N) is 2. The molecule has 1 aromatic rings. The number of fused-ring (bicyclic) bond motifs is 1. The van der Waals surface area contributed by atoms with Crippen LogP contribution in [0.1, 0.15) is 38.8 Å². The van der Waals surface area contributed by atoms with E-state index in [1.165, 1.54) is 43.2 Å². The van der Waals surface area contributed by atoms with Crippen LogP contribution in [0.15, 0.2) is 5.38 Å². The number of aromatic nitrogens is 1. The van der Waals surface area contributed by atoms with Crippen LogP contribution in [0.2, 0.25) is 0 Å². The molecule has 0 radical (unpaired) electrons. The maximum absolute atomic E-state index is 4.80. The van der Waals surface area contributed by atoms with Gasteiger partial charge in [0.2, 0.25) is 0 Å². The third-order valence-electron chi connectivity index (χ3n) is 4.40. The van der Waals surface area contributed by atoms with Gasteiger partial charge < -0.3 is 10.2 Å². The molecule has 106 valence electrons. The molecule has 1 aliphatic heterocycles. The van der Waals surface area contributed by atoms with Gasteiger partial charge in [-0.25, -0.2) is 4.98 Å². The Kier molecular flexibility index (Phi) is 4.08. The molecule has 1 saturated heterocycles. The van der Waals surface area contributed by atoms with Gasteiger partial charge in [-0.05, 0) is 37.1 Å². The van der Waals surface area contributed by atoms with Crippen molar-refractivity contribution in [3.8, 4) is 0 Å². The van der Waals surface area contributed by atoms with Crippen LogP contribution in [-0.2, 0) is 6.54 Å². The molecule has 1 aliphatic carbocycles. The summed E-state index contributed by atoms with van der Waals surface area (Å²) in [5.41, 5.74) is 1.21. The fourth-order valence-corrected chi connectivity index (χ4v) is 4.25. The molecule has 2 atom stereocenters. The maximum Gasteiger partial charge on any atom is 0.185 e. The highest BCUT2D eigenvalue weighted by molar-refractivity contribution is 7.13. The van der Waals surface area contributed by atoms with Gasteiger partial charge in [-0.2, -0.15) is 0 Å². The van der Waals surface area contributed by atoms with Crippen molar-refractivity contribution in [1.82, 2.24) is 10.3 Å². The smallest absolute Gasteiger partial charge is 0.185 e.